The molecule has 10 rings (SSSR count). The Bertz CT molecular complexity index is 2940. The molecule has 0 atom stereocenters. The highest BCUT2D eigenvalue weighted by molar-refractivity contribution is 7.26. The van der Waals surface area contributed by atoms with E-state index >= 15 is 0 Å². The van der Waals surface area contributed by atoms with Crippen molar-refractivity contribution >= 4 is 53.3 Å². The SMILES string of the molecule is [2H]c1cccc2c3ccccc3n(-c3ccccc3-c3nc(-c4ccccc4)nc(-c4cccc(-c5cccc6c5sc5ccccc56)c4)n3)c12. The summed E-state index contributed by atoms with van der Waals surface area (Å²) in [6.07, 6.45) is 0. The van der Waals surface area contributed by atoms with Crippen LogP contribution in [-0.2, 0) is 0 Å². The van der Waals surface area contributed by atoms with Crippen LogP contribution in [0.3, 0.4) is 0 Å². The second-order valence-electron chi connectivity index (χ2n) is 12.3. The second-order valence-corrected chi connectivity index (χ2v) is 13.4. The average molecular weight is 658 g/mol. The molecule has 0 fully saturated rings. The van der Waals surface area contributed by atoms with Gasteiger partial charge in [0, 0.05) is 47.6 Å². The fourth-order valence-corrected chi connectivity index (χ4v) is 8.34. The maximum absolute atomic E-state index is 8.97. The van der Waals surface area contributed by atoms with Gasteiger partial charge in [0.1, 0.15) is 0 Å². The predicted molar refractivity (Wildman–Crippen MR) is 209 cm³/mol. The van der Waals surface area contributed by atoms with Gasteiger partial charge in [0.25, 0.3) is 0 Å². The number of benzene rings is 7. The van der Waals surface area contributed by atoms with E-state index in [9.17, 15) is 0 Å². The van der Waals surface area contributed by atoms with E-state index in [1.807, 2.05) is 78.1 Å². The molecular formula is C45H28N4S. The first-order valence-electron chi connectivity index (χ1n) is 17.1. The van der Waals surface area contributed by atoms with E-state index in [4.69, 9.17) is 16.3 Å². The third kappa shape index (κ3) is 4.63. The summed E-state index contributed by atoms with van der Waals surface area (Å²) in [7, 11) is 0. The van der Waals surface area contributed by atoms with Crippen LogP contribution in [0.15, 0.2) is 170 Å². The zero-order valence-corrected chi connectivity index (χ0v) is 27.6. The zero-order valence-electron chi connectivity index (χ0n) is 27.8. The van der Waals surface area contributed by atoms with Gasteiger partial charge in [0.2, 0.25) is 0 Å². The fourth-order valence-electron chi connectivity index (χ4n) is 7.10. The summed E-state index contributed by atoms with van der Waals surface area (Å²) in [5, 5.41) is 4.69. The van der Waals surface area contributed by atoms with Crippen molar-refractivity contribution in [1.29, 1.82) is 0 Å². The van der Waals surface area contributed by atoms with E-state index < -0.39 is 0 Å². The van der Waals surface area contributed by atoms with Crippen molar-refractivity contribution < 1.29 is 1.37 Å². The van der Waals surface area contributed by atoms with E-state index in [0.29, 0.717) is 23.5 Å². The van der Waals surface area contributed by atoms with Gasteiger partial charge in [-0.05, 0) is 47.5 Å². The van der Waals surface area contributed by atoms with E-state index in [2.05, 4.69) is 102 Å². The summed E-state index contributed by atoms with van der Waals surface area (Å²) in [5.41, 5.74) is 7.77. The molecule has 7 aromatic carbocycles. The maximum Gasteiger partial charge on any atom is 0.166 e. The lowest BCUT2D eigenvalue weighted by Gasteiger charge is -2.14. The van der Waals surface area contributed by atoms with Gasteiger partial charge in [0.15, 0.2) is 17.5 Å². The molecule has 0 aliphatic rings. The molecule has 0 N–H and O–H groups in total. The molecule has 3 aromatic heterocycles. The minimum atomic E-state index is 0.463. The van der Waals surface area contributed by atoms with Crippen molar-refractivity contribution in [3.63, 3.8) is 0 Å². The van der Waals surface area contributed by atoms with Crippen LogP contribution < -0.4 is 0 Å². The van der Waals surface area contributed by atoms with Crippen LogP contribution in [0.5, 0.6) is 0 Å². The Hall–Kier alpha value is -6.43. The van der Waals surface area contributed by atoms with Gasteiger partial charge in [-0.25, -0.2) is 15.0 Å². The molecule has 234 valence electrons. The van der Waals surface area contributed by atoms with Crippen LogP contribution in [0.25, 0.3) is 93.0 Å². The van der Waals surface area contributed by atoms with Gasteiger partial charge in [0.05, 0.1) is 18.1 Å². The lowest BCUT2D eigenvalue weighted by molar-refractivity contribution is 1.06. The topological polar surface area (TPSA) is 43.6 Å². The quantitative estimate of drug-likeness (QED) is 0.185. The highest BCUT2D eigenvalue weighted by atomic mass is 32.1. The van der Waals surface area contributed by atoms with Crippen molar-refractivity contribution in [3.8, 4) is 51.0 Å². The van der Waals surface area contributed by atoms with E-state index in [-0.39, 0.29) is 0 Å². The van der Waals surface area contributed by atoms with Crippen LogP contribution >= 0.6 is 11.3 Å². The van der Waals surface area contributed by atoms with Crippen molar-refractivity contribution in [2.75, 3.05) is 0 Å². The van der Waals surface area contributed by atoms with Crippen LogP contribution in [0.2, 0.25) is 0 Å². The highest BCUT2D eigenvalue weighted by Gasteiger charge is 2.19. The summed E-state index contributed by atoms with van der Waals surface area (Å²) in [5.74, 6) is 1.77. The molecule has 0 saturated heterocycles. The zero-order chi connectivity index (χ0) is 33.9. The molecule has 50 heavy (non-hydrogen) atoms. The number of para-hydroxylation sites is 3. The maximum atomic E-state index is 8.97. The third-order valence-electron chi connectivity index (χ3n) is 9.38. The normalized spacial score (nSPS) is 11.9. The Labute approximate surface area is 294 Å². The fraction of sp³-hybridized carbons (Fsp3) is 0. The van der Waals surface area contributed by atoms with Crippen LogP contribution in [-0.4, -0.2) is 19.5 Å². The van der Waals surface area contributed by atoms with Crippen LogP contribution in [0.1, 0.15) is 1.37 Å². The number of fused-ring (bicyclic) bond motifs is 6. The number of aromatic nitrogens is 4. The van der Waals surface area contributed by atoms with Gasteiger partial charge < -0.3 is 4.57 Å². The Kier molecular flexibility index (Phi) is 6.39. The molecule has 0 aliphatic carbocycles. The number of thiophene rings is 1. The lowest BCUT2D eigenvalue weighted by atomic mass is 10.0. The highest BCUT2D eigenvalue weighted by Crippen LogP contribution is 2.41. The van der Waals surface area contributed by atoms with E-state index in [0.717, 1.165) is 49.7 Å². The minimum absolute atomic E-state index is 0.463. The first-order valence-corrected chi connectivity index (χ1v) is 17.4. The Morgan fingerprint density at radius 3 is 1.94 bits per heavy atom. The molecule has 5 heteroatoms. The standard InChI is InChI=1S/C45H28N4S/c1-2-14-29(15-3-1)43-46-44(31-17-12-16-30(28-31)32-22-13-23-36-35-20-7-11-27-41(35)50-42(32)36)48-45(47-43)37-21-6-10-26-40(37)49-38-24-8-4-18-33(38)34-19-5-9-25-39(34)49/h1-28H/i24D. The van der Waals surface area contributed by atoms with Gasteiger partial charge in [-0.2, -0.15) is 0 Å². The molecule has 0 radical (unpaired) electrons. The molecule has 0 bridgehead atoms. The number of hydrogen-bond acceptors (Lipinski definition) is 4. The molecule has 0 aliphatic heterocycles. The van der Waals surface area contributed by atoms with Crippen LogP contribution in [0.4, 0.5) is 0 Å². The molecule has 0 spiro atoms. The Morgan fingerprint density at radius 1 is 0.440 bits per heavy atom. The van der Waals surface area contributed by atoms with Crippen LogP contribution in [0, 0.1) is 0 Å². The largest absolute Gasteiger partial charge is 0.309 e. The summed E-state index contributed by atoms with van der Waals surface area (Å²) >= 11 is 1.83. The molecule has 0 amide bonds. The Morgan fingerprint density at radius 2 is 1.04 bits per heavy atom. The molecule has 10 aromatic rings. The van der Waals surface area contributed by atoms with Gasteiger partial charge in [-0.15, -0.1) is 11.3 Å². The molecular weight excluding hydrogens is 629 g/mol. The van der Waals surface area contributed by atoms with Crippen molar-refractivity contribution in [1.82, 2.24) is 19.5 Å². The van der Waals surface area contributed by atoms with Gasteiger partial charge in [-0.1, -0.05) is 133 Å². The molecule has 0 saturated carbocycles. The lowest BCUT2D eigenvalue weighted by Crippen LogP contribution is -2.03. The van der Waals surface area contributed by atoms with Crippen molar-refractivity contribution in [2.24, 2.45) is 0 Å². The number of rotatable bonds is 5. The van der Waals surface area contributed by atoms with Gasteiger partial charge in [-0.3, -0.25) is 0 Å². The Balaban J connectivity index is 1.19. The average Bonchev–Trinajstić information content (AvgIpc) is 3.75. The summed E-state index contributed by atoms with van der Waals surface area (Å²) in [6.45, 7) is 0. The van der Waals surface area contributed by atoms with Crippen molar-refractivity contribution in [3.05, 3.63) is 170 Å². The smallest absolute Gasteiger partial charge is 0.166 e. The first-order chi connectivity index (χ1) is 25.2. The first kappa shape index (κ1) is 27.5. The molecule has 4 nitrogen and oxygen atoms in total. The van der Waals surface area contributed by atoms with Gasteiger partial charge >= 0.3 is 0 Å². The van der Waals surface area contributed by atoms with Crippen molar-refractivity contribution in [2.45, 2.75) is 0 Å². The number of nitrogens with zero attached hydrogens (tertiary/aromatic N) is 4. The third-order valence-corrected chi connectivity index (χ3v) is 10.6. The monoisotopic (exact) mass is 657 g/mol. The minimum Gasteiger partial charge on any atom is -0.309 e. The summed E-state index contributed by atoms with van der Waals surface area (Å²) in [4.78, 5) is 15.4. The summed E-state index contributed by atoms with van der Waals surface area (Å²) < 4.78 is 13.7. The van der Waals surface area contributed by atoms with E-state index in [1.54, 1.807) is 0 Å². The number of hydrogen-bond donors (Lipinski definition) is 0. The molecule has 0 unspecified atom stereocenters. The summed E-state index contributed by atoms with van der Waals surface area (Å²) in [6, 6.07) is 56.7. The predicted octanol–water partition coefficient (Wildman–Crippen LogP) is 12.0. The van der Waals surface area contributed by atoms with E-state index in [1.165, 1.54) is 25.7 Å². The second kappa shape index (κ2) is 11.6. The molecule has 3 heterocycles.